The highest BCUT2D eigenvalue weighted by molar-refractivity contribution is 7.09. The molecule has 1 unspecified atom stereocenters. The van der Waals surface area contributed by atoms with Crippen molar-refractivity contribution in [2.45, 2.75) is 19.5 Å². The maximum Gasteiger partial charge on any atom is 0.354 e. The number of amides is 1. The highest BCUT2D eigenvalue weighted by atomic mass is 32.1. The van der Waals surface area contributed by atoms with Crippen LogP contribution >= 0.6 is 11.3 Å². The Morgan fingerprint density at radius 3 is 2.67 bits per heavy atom. The molecule has 0 aromatic carbocycles. The van der Waals surface area contributed by atoms with Gasteiger partial charge in [-0.3, -0.25) is 9.69 Å². The molecule has 1 aliphatic heterocycles. The number of piperazine rings is 1. The molecule has 2 aromatic heterocycles. The predicted octanol–water partition coefficient (Wildman–Crippen LogP) is 1.55. The monoisotopic (exact) mass is 348 g/mol. The Kier molecular flexibility index (Phi) is 4.96. The number of carboxylic acids is 1. The summed E-state index contributed by atoms with van der Waals surface area (Å²) in [5.74, 6) is -1.16. The van der Waals surface area contributed by atoms with Gasteiger partial charge < -0.3 is 10.0 Å². The minimum atomic E-state index is -1.08. The van der Waals surface area contributed by atoms with E-state index in [-0.39, 0.29) is 11.6 Å². The van der Waals surface area contributed by atoms with E-state index in [1.54, 1.807) is 23.2 Å². The zero-order valence-electron chi connectivity index (χ0n) is 13.5. The summed E-state index contributed by atoms with van der Waals surface area (Å²) in [6, 6.07) is 4.96. The van der Waals surface area contributed by atoms with Gasteiger partial charge in [-0.2, -0.15) is 5.10 Å². The molecule has 128 valence electrons. The highest BCUT2D eigenvalue weighted by Gasteiger charge is 2.28. The minimum Gasteiger partial charge on any atom is -0.477 e. The Hall–Kier alpha value is -2.19. The number of carboxylic acid groups (broad SMARTS) is 1. The van der Waals surface area contributed by atoms with Crippen molar-refractivity contribution in [1.29, 1.82) is 0 Å². The summed E-state index contributed by atoms with van der Waals surface area (Å²) in [6.07, 6.45) is 1.41. The molecule has 0 spiro atoms. The molecule has 3 rings (SSSR count). The van der Waals surface area contributed by atoms with Crippen LogP contribution in [0.2, 0.25) is 0 Å². The van der Waals surface area contributed by atoms with Crippen LogP contribution < -0.4 is 0 Å². The Morgan fingerprint density at radius 1 is 1.29 bits per heavy atom. The molecule has 1 amide bonds. The van der Waals surface area contributed by atoms with Gasteiger partial charge in [0.05, 0.1) is 0 Å². The summed E-state index contributed by atoms with van der Waals surface area (Å²) >= 11 is 1.74. The Balaban J connectivity index is 1.58. The molecule has 3 heterocycles. The third-order valence-corrected chi connectivity index (χ3v) is 5.12. The van der Waals surface area contributed by atoms with Crippen LogP contribution in [-0.4, -0.2) is 62.7 Å². The van der Waals surface area contributed by atoms with Gasteiger partial charge in [-0.25, -0.2) is 9.48 Å². The second-order valence-electron chi connectivity index (χ2n) is 5.82. The number of nitrogens with zero attached hydrogens (tertiary/aromatic N) is 4. The van der Waals surface area contributed by atoms with E-state index in [1.807, 2.05) is 6.07 Å². The number of carbonyl (C=O) groups excluding carboxylic acids is 1. The van der Waals surface area contributed by atoms with Crippen LogP contribution in [0.4, 0.5) is 0 Å². The standard InChI is InChI=1S/C16H20N4O3S/c1-12(20-14(16(22)23)4-5-17-20)15(21)19-8-6-18(7-9-19)11-13-3-2-10-24-13/h2-5,10,12H,6-9,11H2,1H3,(H,22,23). The quantitative estimate of drug-likeness (QED) is 0.887. The van der Waals surface area contributed by atoms with Gasteiger partial charge >= 0.3 is 5.97 Å². The third kappa shape index (κ3) is 3.49. The van der Waals surface area contributed by atoms with E-state index in [4.69, 9.17) is 5.11 Å². The van der Waals surface area contributed by atoms with Gasteiger partial charge in [0, 0.05) is 43.8 Å². The summed E-state index contributed by atoms with van der Waals surface area (Å²) in [7, 11) is 0. The molecule has 8 heteroatoms. The highest BCUT2D eigenvalue weighted by Crippen LogP contribution is 2.17. The molecule has 7 nitrogen and oxygen atoms in total. The molecule has 0 saturated carbocycles. The number of rotatable bonds is 5. The van der Waals surface area contributed by atoms with Crippen LogP contribution in [-0.2, 0) is 11.3 Å². The van der Waals surface area contributed by atoms with E-state index in [1.165, 1.54) is 21.8 Å². The van der Waals surface area contributed by atoms with Crippen LogP contribution in [0.25, 0.3) is 0 Å². The number of hydrogen-bond acceptors (Lipinski definition) is 5. The predicted molar refractivity (Wildman–Crippen MR) is 90.1 cm³/mol. The van der Waals surface area contributed by atoms with E-state index in [9.17, 15) is 9.59 Å². The van der Waals surface area contributed by atoms with Crippen molar-refractivity contribution in [2.24, 2.45) is 0 Å². The van der Waals surface area contributed by atoms with Crippen molar-refractivity contribution >= 4 is 23.2 Å². The Labute approximate surface area is 144 Å². The maximum absolute atomic E-state index is 12.7. The summed E-state index contributed by atoms with van der Waals surface area (Å²) in [5.41, 5.74) is 0.0344. The fraction of sp³-hybridized carbons (Fsp3) is 0.438. The van der Waals surface area contributed by atoms with Gasteiger partial charge in [-0.15, -0.1) is 11.3 Å². The molecular weight excluding hydrogens is 328 g/mol. The van der Waals surface area contributed by atoms with Crippen molar-refractivity contribution in [3.05, 3.63) is 40.3 Å². The van der Waals surface area contributed by atoms with E-state index in [2.05, 4.69) is 21.4 Å². The molecular formula is C16H20N4O3S. The maximum atomic E-state index is 12.7. The average molecular weight is 348 g/mol. The van der Waals surface area contributed by atoms with E-state index in [0.29, 0.717) is 13.1 Å². The Bertz CT molecular complexity index is 705. The average Bonchev–Trinajstić information content (AvgIpc) is 3.25. The zero-order chi connectivity index (χ0) is 17.1. The van der Waals surface area contributed by atoms with Crippen molar-refractivity contribution < 1.29 is 14.7 Å². The first kappa shape index (κ1) is 16.7. The van der Waals surface area contributed by atoms with Gasteiger partial charge in [0.2, 0.25) is 5.91 Å². The van der Waals surface area contributed by atoms with Gasteiger partial charge in [0.25, 0.3) is 0 Å². The van der Waals surface area contributed by atoms with Crippen LogP contribution in [0, 0.1) is 0 Å². The molecule has 0 bridgehead atoms. The van der Waals surface area contributed by atoms with Gasteiger partial charge in [-0.05, 0) is 24.4 Å². The lowest BCUT2D eigenvalue weighted by atomic mass is 10.2. The first-order valence-corrected chi connectivity index (χ1v) is 8.74. The second-order valence-corrected chi connectivity index (χ2v) is 6.86. The minimum absolute atomic E-state index is 0.0344. The summed E-state index contributed by atoms with van der Waals surface area (Å²) in [4.78, 5) is 29.3. The molecule has 1 fully saturated rings. The second kappa shape index (κ2) is 7.14. The molecule has 1 N–H and O–H groups in total. The van der Waals surface area contributed by atoms with Crippen LogP contribution in [0.5, 0.6) is 0 Å². The Morgan fingerprint density at radius 2 is 2.04 bits per heavy atom. The number of hydrogen-bond donors (Lipinski definition) is 1. The molecule has 24 heavy (non-hydrogen) atoms. The first-order valence-electron chi connectivity index (χ1n) is 7.86. The zero-order valence-corrected chi connectivity index (χ0v) is 14.3. The SMILES string of the molecule is CC(C(=O)N1CCN(Cc2cccs2)CC1)n1nccc1C(=O)O. The summed E-state index contributed by atoms with van der Waals surface area (Å²) < 4.78 is 1.28. The molecule has 0 radical (unpaired) electrons. The molecule has 1 atom stereocenters. The fourth-order valence-corrected chi connectivity index (χ4v) is 3.66. The smallest absolute Gasteiger partial charge is 0.354 e. The van der Waals surface area contributed by atoms with Gasteiger partial charge in [-0.1, -0.05) is 6.07 Å². The molecule has 0 aliphatic carbocycles. The van der Waals surface area contributed by atoms with Crippen molar-refractivity contribution in [1.82, 2.24) is 19.6 Å². The molecule has 1 saturated heterocycles. The lowest BCUT2D eigenvalue weighted by molar-refractivity contribution is -0.136. The van der Waals surface area contributed by atoms with Crippen molar-refractivity contribution in [2.75, 3.05) is 26.2 Å². The lowest BCUT2D eigenvalue weighted by Gasteiger charge is -2.35. The van der Waals surface area contributed by atoms with E-state index in [0.717, 1.165) is 19.6 Å². The van der Waals surface area contributed by atoms with E-state index >= 15 is 0 Å². The lowest BCUT2D eigenvalue weighted by Crippen LogP contribution is -2.50. The first-order chi connectivity index (χ1) is 11.6. The van der Waals surface area contributed by atoms with Gasteiger partial charge in [0.15, 0.2) is 0 Å². The van der Waals surface area contributed by atoms with Gasteiger partial charge in [0.1, 0.15) is 11.7 Å². The van der Waals surface area contributed by atoms with Crippen molar-refractivity contribution in [3.63, 3.8) is 0 Å². The fourth-order valence-electron chi connectivity index (χ4n) is 2.91. The van der Waals surface area contributed by atoms with Crippen LogP contribution in [0.3, 0.4) is 0 Å². The third-order valence-electron chi connectivity index (χ3n) is 4.26. The van der Waals surface area contributed by atoms with E-state index < -0.39 is 12.0 Å². The normalized spacial score (nSPS) is 17.0. The number of thiophene rings is 1. The number of carbonyl (C=O) groups is 2. The van der Waals surface area contributed by atoms with Crippen LogP contribution in [0.1, 0.15) is 28.3 Å². The number of aromatic nitrogens is 2. The van der Waals surface area contributed by atoms with Crippen LogP contribution in [0.15, 0.2) is 29.8 Å². The van der Waals surface area contributed by atoms with Crippen molar-refractivity contribution in [3.8, 4) is 0 Å². The largest absolute Gasteiger partial charge is 0.477 e. The summed E-state index contributed by atoms with van der Waals surface area (Å²) in [6.45, 7) is 5.55. The topological polar surface area (TPSA) is 78.7 Å². The summed E-state index contributed by atoms with van der Waals surface area (Å²) in [5, 5.41) is 15.2. The molecule has 2 aromatic rings. The number of aromatic carboxylic acids is 1. The molecule has 1 aliphatic rings.